The molecule has 1 heterocycles. The van der Waals surface area contributed by atoms with Gasteiger partial charge in [0.25, 0.3) is 0 Å². The van der Waals surface area contributed by atoms with Crippen molar-refractivity contribution >= 4 is 5.97 Å². The number of hydrogen-bond donors (Lipinski definition) is 1. The Hall–Kier alpha value is -2.10. The van der Waals surface area contributed by atoms with Crippen LogP contribution < -0.4 is 0 Å². The molecule has 0 radical (unpaired) electrons. The largest absolute Gasteiger partial charge is 0.478 e. The van der Waals surface area contributed by atoms with Gasteiger partial charge in [0.1, 0.15) is 0 Å². The quantitative estimate of drug-likeness (QED) is 0.856. The van der Waals surface area contributed by atoms with Crippen LogP contribution in [-0.4, -0.2) is 20.9 Å². The van der Waals surface area contributed by atoms with Gasteiger partial charge in [0.2, 0.25) is 0 Å². The monoisotopic (exact) mass is 228 g/mol. The normalized spacial score (nSPS) is 13.6. The first kappa shape index (κ1) is 10.1. The topological polar surface area (TPSA) is 55.1 Å². The summed E-state index contributed by atoms with van der Waals surface area (Å²) in [6.45, 7) is 0. The van der Waals surface area contributed by atoms with Crippen molar-refractivity contribution < 1.29 is 9.90 Å². The van der Waals surface area contributed by atoms with Crippen LogP contribution in [0.3, 0.4) is 0 Å². The smallest absolute Gasteiger partial charge is 0.337 e. The lowest BCUT2D eigenvalue weighted by Gasteiger charge is -2.08. The van der Waals surface area contributed by atoms with Gasteiger partial charge in [-0.1, -0.05) is 12.1 Å². The number of aromatic carboxylic acids is 1. The number of hydrogen-bond acceptors (Lipinski definition) is 2. The summed E-state index contributed by atoms with van der Waals surface area (Å²) in [5, 5.41) is 13.5. The third kappa shape index (κ3) is 1.53. The number of aromatic nitrogens is 2. The summed E-state index contributed by atoms with van der Waals surface area (Å²) < 4.78 is 1.77. The van der Waals surface area contributed by atoms with Crippen molar-refractivity contribution in [3.8, 4) is 5.69 Å². The number of nitrogens with zero attached hydrogens (tertiary/aromatic N) is 2. The number of aryl methyl sites for hydroxylation is 1. The van der Waals surface area contributed by atoms with Gasteiger partial charge in [0.15, 0.2) is 0 Å². The lowest BCUT2D eigenvalue weighted by molar-refractivity contribution is 0.0696. The minimum atomic E-state index is -0.914. The van der Waals surface area contributed by atoms with Gasteiger partial charge in [0.05, 0.1) is 17.4 Å². The van der Waals surface area contributed by atoms with E-state index in [1.807, 2.05) is 12.3 Å². The first-order valence-corrected chi connectivity index (χ1v) is 5.66. The van der Waals surface area contributed by atoms with E-state index in [2.05, 4.69) is 5.10 Å². The van der Waals surface area contributed by atoms with E-state index in [4.69, 9.17) is 0 Å². The number of fused-ring (bicyclic) bond motifs is 1. The van der Waals surface area contributed by atoms with Crippen molar-refractivity contribution in [3.63, 3.8) is 0 Å². The zero-order valence-electron chi connectivity index (χ0n) is 9.26. The molecule has 0 amide bonds. The van der Waals surface area contributed by atoms with Gasteiger partial charge in [0, 0.05) is 5.69 Å². The van der Waals surface area contributed by atoms with E-state index in [1.54, 1.807) is 22.9 Å². The van der Waals surface area contributed by atoms with Crippen LogP contribution in [0.15, 0.2) is 30.5 Å². The van der Waals surface area contributed by atoms with E-state index in [-0.39, 0.29) is 0 Å². The summed E-state index contributed by atoms with van der Waals surface area (Å²) in [5.41, 5.74) is 3.34. The van der Waals surface area contributed by atoms with Crippen molar-refractivity contribution in [2.24, 2.45) is 0 Å². The Labute approximate surface area is 98.5 Å². The molecule has 1 aliphatic rings. The van der Waals surface area contributed by atoms with E-state index >= 15 is 0 Å². The predicted molar refractivity (Wildman–Crippen MR) is 62.5 cm³/mol. The van der Waals surface area contributed by atoms with E-state index in [9.17, 15) is 9.90 Å². The maximum absolute atomic E-state index is 11.2. The first-order valence-electron chi connectivity index (χ1n) is 5.66. The minimum absolute atomic E-state index is 0.297. The van der Waals surface area contributed by atoms with Crippen LogP contribution in [0.5, 0.6) is 0 Å². The first-order chi connectivity index (χ1) is 8.27. The third-order valence-corrected chi connectivity index (χ3v) is 3.18. The van der Waals surface area contributed by atoms with Crippen molar-refractivity contribution in [3.05, 3.63) is 47.3 Å². The zero-order chi connectivity index (χ0) is 11.8. The Morgan fingerprint density at radius 2 is 2.12 bits per heavy atom. The SMILES string of the molecule is O=C(O)c1ccccc1-n1ncc2c1CCC2. The maximum atomic E-state index is 11.2. The van der Waals surface area contributed by atoms with Gasteiger partial charge >= 0.3 is 5.97 Å². The van der Waals surface area contributed by atoms with Gasteiger partial charge in [-0.2, -0.15) is 5.10 Å². The maximum Gasteiger partial charge on any atom is 0.337 e. The van der Waals surface area contributed by atoms with Crippen LogP contribution in [0.25, 0.3) is 5.69 Å². The Bertz CT molecular complexity index is 587. The standard InChI is InChI=1S/C13H12N2O2/c16-13(17)10-5-1-2-6-12(10)15-11-7-3-4-9(11)8-14-15/h1-2,5-6,8H,3-4,7H2,(H,16,17). The summed E-state index contributed by atoms with van der Waals surface area (Å²) in [7, 11) is 0. The van der Waals surface area contributed by atoms with Crippen LogP contribution in [0.1, 0.15) is 28.0 Å². The van der Waals surface area contributed by atoms with E-state index in [0.717, 1.165) is 25.0 Å². The fourth-order valence-electron chi connectivity index (χ4n) is 2.38. The highest BCUT2D eigenvalue weighted by molar-refractivity contribution is 5.91. The second-order valence-electron chi connectivity index (χ2n) is 4.20. The molecule has 1 aromatic carbocycles. The fraction of sp³-hybridized carbons (Fsp3) is 0.231. The predicted octanol–water partition coefficient (Wildman–Crippen LogP) is 2.06. The molecular formula is C13H12N2O2. The average molecular weight is 228 g/mol. The molecule has 0 aliphatic heterocycles. The number of carboxylic acids is 1. The molecule has 0 spiro atoms. The molecule has 4 nitrogen and oxygen atoms in total. The summed E-state index contributed by atoms with van der Waals surface area (Å²) >= 11 is 0. The Morgan fingerprint density at radius 3 is 2.94 bits per heavy atom. The van der Waals surface area contributed by atoms with E-state index < -0.39 is 5.97 Å². The van der Waals surface area contributed by atoms with Crippen molar-refractivity contribution in [2.75, 3.05) is 0 Å². The Kier molecular flexibility index (Phi) is 2.21. The number of benzene rings is 1. The number of para-hydroxylation sites is 1. The Morgan fingerprint density at radius 1 is 1.29 bits per heavy atom. The van der Waals surface area contributed by atoms with Gasteiger partial charge < -0.3 is 5.11 Å². The molecule has 0 bridgehead atoms. The number of carbonyl (C=O) groups is 1. The Balaban J connectivity index is 2.18. The lowest BCUT2D eigenvalue weighted by Crippen LogP contribution is -2.08. The van der Waals surface area contributed by atoms with Crippen molar-refractivity contribution in [1.82, 2.24) is 9.78 Å². The molecule has 3 rings (SSSR count). The highest BCUT2D eigenvalue weighted by atomic mass is 16.4. The van der Waals surface area contributed by atoms with Crippen molar-refractivity contribution in [1.29, 1.82) is 0 Å². The second-order valence-corrected chi connectivity index (χ2v) is 4.20. The molecule has 0 saturated heterocycles. The van der Waals surface area contributed by atoms with Crippen LogP contribution >= 0.6 is 0 Å². The molecule has 4 heteroatoms. The minimum Gasteiger partial charge on any atom is -0.478 e. The van der Waals surface area contributed by atoms with Crippen LogP contribution in [-0.2, 0) is 12.8 Å². The van der Waals surface area contributed by atoms with Gasteiger partial charge in [-0.3, -0.25) is 0 Å². The van der Waals surface area contributed by atoms with Crippen LogP contribution in [0, 0.1) is 0 Å². The molecule has 0 fully saturated rings. The number of rotatable bonds is 2. The molecule has 0 saturated carbocycles. The van der Waals surface area contributed by atoms with Gasteiger partial charge in [-0.25, -0.2) is 9.48 Å². The van der Waals surface area contributed by atoms with E-state index in [0.29, 0.717) is 11.3 Å². The average Bonchev–Trinajstić information content (AvgIpc) is 2.90. The van der Waals surface area contributed by atoms with Gasteiger partial charge in [-0.15, -0.1) is 0 Å². The second kappa shape index (κ2) is 3.73. The molecule has 17 heavy (non-hydrogen) atoms. The molecule has 2 aromatic rings. The molecule has 86 valence electrons. The fourth-order valence-corrected chi connectivity index (χ4v) is 2.38. The zero-order valence-corrected chi connectivity index (χ0v) is 9.26. The van der Waals surface area contributed by atoms with Crippen molar-refractivity contribution in [2.45, 2.75) is 19.3 Å². The number of carboxylic acid groups (broad SMARTS) is 1. The van der Waals surface area contributed by atoms with Crippen LogP contribution in [0.4, 0.5) is 0 Å². The summed E-state index contributed by atoms with van der Waals surface area (Å²) in [6.07, 6.45) is 5.00. The highest BCUT2D eigenvalue weighted by Crippen LogP contribution is 2.25. The lowest BCUT2D eigenvalue weighted by atomic mass is 10.1. The highest BCUT2D eigenvalue weighted by Gasteiger charge is 2.20. The molecule has 1 aliphatic carbocycles. The van der Waals surface area contributed by atoms with Gasteiger partial charge in [-0.05, 0) is 37.0 Å². The molecule has 1 N–H and O–H groups in total. The molecule has 0 unspecified atom stereocenters. The third-order valence-electron chi connectivity index (χ3n) is 3.18. The summed E-state index contributed by atoms with van der Waals surface area (Å²) in [4.78, 5) is 11.2. The summed E-state index contributed by atoms with van der Waals surface area (Å²) in [6, 6.07) is 6.98. The molecular weight excluding hydrogens is 216 g/mol. The van der Waals surface area contributed by atoms with Crippen LogP contribution in [0.2, 0.25) is 0 Å². The van der Waals surface area contributed by atoms with E-state index in [1.165, 1.54) is 5.56 Å². The summed E-state index contributed by atoms with van der Waals surface area (Å²) in [5.74, 6) is -0.914. The molecule has 1 aromatic heterocycles. The molecule has 0 atom stereocenters.